The van der Waals surface area contributed by atoms with E-state index < -0.39 is 0 Å². The number of nitrogen functional groups attached to an aromatic ring is 2. The third-order valence-corrected chi connectivity index (χ3v) is 4.18. The lowest BCUT2D eigenvalue weighted by Gasteiger charge is -2.11. The number of fused-ring (bicyclic) bond motifs is 1. The van der Waals surface area contributed by atoms with Crippen LogP contribution in [0.5, 0.6) is 5.75 Å². The maximum absolute atomic E-state index is 5.97. The fraction of sp³-hybridized carbons (Fsp3) is 0.333. The number of anilines is 2. The molecule has 0 unspecified atom stereocenters. The molecule has 0 saturated heterocycles. The van der Waals surface area contributed by atoms with E-state index in [4.69, 9.17) is 16.2 Å². The topological polar surface area (TPSA) is 92.0 Å². The van der Waals surface area contributed by atoms with E-state index in [0.29, 0.717) is 18.8 Å². The van der Waals surface area contributed by atoms with Gasteiger partial charge in [0.2, 0.25) is 5.95 Å². The molecule has 0 aliphatic rings. The lowest BCUT2D eigenvalue weighted by molar-refractivity contribution is 0.344. The van der Waals surface area contributed by atoms with Gasteiger partial charge in [0.25, 0.3) is 0 Å². The molecule has 0 aliphatic heterocycles. The first-order valence-corrected chi connectivity index (χ1v) is 8.15. The zero-order chi connectivity index (χ0) is 17.3. The number of aromatic nitrogens is 3. The van der Waals surface area contributed by atoms with Crippen molar-refractivity contribution in [3.8, 4) is 5.75 Å². The van der Waals surface area contributed by atoms with Gasteiger partial charge < -0.3 is 20.8 Å². The van der Waals surface area contributed by atoms with E-state index in [2.05, 4.69) is 46.6 Å². The highest BCUT2D eigenvalue weighted by atomic mass is 16.5. The summed E-state index contributed by atoms with van der Waals surface area (Å²) in [6, 6.07) is 6.43. The first kappa shape index (κ1) is 16.1. The van der Waals surface area contributed by atoms with Gasteiger partial charge in [-0.1, -0.05) is 0 Å². The highest BCUT2D eigenvalue weighted by molar-refractivity contribution is 5.88. The van der Waals surface area contributed by atoms with Gasteiger partial charge in [-0.3, -0.25) is 0 Å². The summed E-state index contributed by atoms with van der Waals surface area (Å²) < 4.78 is 8.15. The highest BCUT2D eigenvalue weighted by Gasteiger charge is 2.13. The molecule has 3 rings (SSSR count). The van der Waals surface area contributed by atoms with Gasteiger partial charge in [-0.05, 0) is 44.5 Å². The largest absolute Gasteiger partial charge is 0.493 e. The minimum absolute atomic E-state index is 0.192. The van der Waals surface area contributed by atoms with Crippen LogP contribution < -0.4 is 16.2 Å². The number of hydrogen-bond donors (Lipinski definition) is 2. The molecule has 6 heteroatoms. The van der Waals surface area contributed by atoms with Crippen molar-refractivity contribution >= 4 is 22.7 Å². The molecule has 0 fully saturated rings. The van der Waals surface area contributed by atoms with Crippen LogP contribution in [0.1, 0.15) is 30.7 Å². The van der Waals surface area contributed by atoms with Crippen LogP contribution in [0.25, 0.3) is 10.9 Å². The number of benzene rings is 1. The van der Waals surface area contributed by atoms with Crippen LogP contribution in [-0.2, 0) is 13.0 Å². The van der Waals surface area contributed by atoms with Crippen molar-refractivity contribution in [1.29, 1.82) is 0 Å². The van der Waals surface area contributed by atoms with Crippen LogP contribution in [0.3, 0.4) is 0 Å². The molecule has 3 aromatic rings. The zero-order valence-electron chi connectivity index (χ0n) is 14.3. The van der Waals surface area contributed by atoms with Crippen molar-refractivity contribution in [3.63, 3.8) is 0 Å². The standard InChI is InChI=1S/C18H23N5O/c1-4-23-11(3)6-14-15(23)8-12(9-16(14)24-5-2)7-13-10-21-18(20)22-17(13)19/h6,8-10H,4-5,7H2,1-3H3,(H4,19,20,21,22). The van der Waals surface area contributed by atoms with Crippen LogP contribution in [0.2, 0.25) is 0 Å². The van der Waals surface area contributed by atoms with Gasteiger partial charge in [-0.25, -0.2) is 4.98 Å². The van der Waals surface area contributed by atoms with E-state index in [1.807, 2.05) is 6.92 Å². The summed E-state index contributed by atoms with van der Waals surface area (Å²) >= 11 is 0. The van der Waals surface area contributed by atoms with Gasteiger partial charge >= 0.3 is 0 Å². The van der Waals surface area contributed by atoms with Crippen molar-refractivity contribution in [1.82, 2.24) is 14.5 Å². The number of rotatable bonds is 5. The molecule has 0 amide bonds. The Labute approximate surface area is 141 Å². The van der Waals surface area contributed by atoms with E-state index >= 15 is 0 Å². The van der Waals surface area contributed by atoms with E-state index in [1.54, 1.807) is 6.20 Å². The van der Waals surface area contributed by atoms with E-state index in [1.165, 1.54) is 11.2 Å². The Balaban J connectivity index is 2.10. The number of hydrogen-bond acceptors (Lipinski definition) is 5. The van der Waals surface area contributed by atoms with Gasteiger partial charge in [-0.2, -0.15) is 4.98 Å². The van der Waals surface area contributed by atoms with E-state index in [0.717, 1.165) is 28.8 Å². The maximum atomic E-state index is 5.97. The maximum Gasteiger partial charge on any atom is 0.221 e. The second kappa shape index (κ2) is 6.39. The number of nitrogens with two attached hydrogens (primary N) is 2. The fourth-order valence-electron chi connectivity index (χ4n) is 3.10. The summed E-state index contributed by atoms with van der Waals surface area (Å²) in [6.07, 6.45) is 2.32. The van der Waals surface area contributed by atoms with Gasteiger partial charge in [0.15, 0.2) is 0 Å². The number of aryl methyl sites for hydroxylation is 2. The van der Waals surface area contributed by atoms with Crippen LogP contribution in [0, 0.1) is 6.92 Å². The summed E-state index contributed by atoms with van der Waals surface area (Å²) in [6.45, 7) is 7.80. The molecule has 2 aromatic heterocycles. The predicted octanol–water partition coefficient (Wildman–Crippen LogP) is 2.91. The molecule has 126 valence electrons. The highest BCUT2D eigenvalue weighted by Crippen LogP contribution is 2.32. The van der Waals surface area contributed by atoms with Gasteiger partial charge in [0, 0.05) is 35.8 Å². The lowest BCUT2D eigenvalue weighted by Crippen LogP contribution is -2.04. The molecular weight excluding hydrogens is 302 g/mol. The number of nitrogens with zero attached hydrogens (tertiary/aromatic N) is 3. The molecule has 24 heavy (non-hydrogen) atoms. The van der Waals surface area contributed by atoms with Crippen molar-refractivity contribution in [2.24, 2.45) is 0 Å². The van der Waals surface area contributed by atoms with Crippen molar-refractivity contribution in [2.45, 2.75) is 33.7 Å². The smallest absolute Gasteiger partial charge is 0.221 e. The fourth-order valence-corrected chi connectivity index (χ4v) is 3.10. The first-order chi connectivity index (χ1) is 11.5. The lowest BCUT2D eigenvalue weighted by atomic mass is 10.0. The van der Waals surface area contributed by atoms with Crippen LogP contribution in [-0.4, -0.2) is 21.1 Å². The summed E-state index contributed by atoms with van der Waals surface area (Å²) in [4.78, 5) is 8.08. The van der Waals surface area contributed by atoms with Crippen molar-refractivity contribution in [3.05, 3.63) is 41.2 Å². The molecule has 0 aliphatic carbocycles. The minimum Gasteiger partial charge on any atom is -0.493 e. The molecule has 0 atom stereocenters. The average Bonchev–Trinajstić information content (AvgIpc) is 2.86. The molecule has 0 bridgehead atoms. The second-order valence-corrected chi connectivity index (χ2v) is 5.81. The van der Waals surface area contributed by atoms with E-state index in [-0.39, 0.29) is 5.95 Å². The quantitative estimate of drug-likeness (QED) is 0.752. The summed E-state index contributed by atoms with van der Waals surface area (Å²) in [5, 5.41) is 1.14. The molecule has 1 aromatic carbocycles. The minimum atomic E-state index is 0.192. The van der Waals surface area contributed by atoms with Gasteiger partial charge in [0.1, 0.15) is 11.6 Å². The van der Waals surface area contributed by atoms with Crippen molar-refractivity contribution < 1.29 is 4.74 Å². The van der Waals surface area contributed by atoms with Crippen molar-refractivity contribution in [2.75, 3.05) is 18.1 Å². The average molecular weight is 325 g/mol. The third-order valence-electron chi connectivity index (χ3n) is 4.18. The molecule has 6 nitrogen and oxygen atoms in total. The van der Waals surface area contributed by atoms with Gasteiger partial charge in [-0.15, -0.1) is 0 Å². The van der Waals surface area contributed by atoms with E-state index in [9.17, 15) is 0 Å². The Morgan fingerprint density at radius 2 is 1.96 bits per heavy atom. The zero-order valence-corrected chi connectivity index (χ0v) is 14.3. The Morgan fingerprint density at radius 1 is 1.17 bits per heavy atom. The molecule has 0 saturated carbocycles. The SMILES string of the molecule is CCOc1cc(Cc2cnc(N)nc2N)cc2c1cc(C)n2CC. The Hall–Kier alpha value is -2.76. The second-order valence-electron chi connectivity index (χ2n) is 5.81. The Kier molecular flexibility index (Phi) is 4.29. The molecule has 0 spiro atoms. The Morgan fingerprint density at radius 3 is 2.62 bits per heavy atom. The van der Waals surface area contributed by atoms with Gasteiger partial charge in [0.05, 0.1) is 12.1 Å². The molecular formula is C18H23N5O. The molecule has 4 N–H and O–H groups in total. The monoisotopic (exact) mass is 325 g/mol. The van der Waals surface area contributed by atoms with Crippen LogP contribution in [0.15, 0.2) is 24.4 Å². The summed E-state index contributed by atoms with van der Waals surface area (Å²) in [5.74, 6) is 1.51. The summed E-state index contributed by atoms with van der Waals surface area (Å²) in [5.41, 5.74) is 15.9. The summed E-state index contributed by atoms with van der Waals surface area (Å²) in [7, 11) is 0. The number of ether oxygens (including phenoxy) is 1. The predicted molar refractivity (Wildman–Crippen MR) is 97.2 cm³/mol. The van der Waals surface area contributed by atoms with Crippen LogP contribution in [0.4, 0.5) is 11.8 Å². The normalized spacial score (nSPS) is 11.1. The molecule has 0 radical (unpaired) electrons. The first-order valence-electron chi connectivity index (χ1n) is 8.15. The molecule has 2 heterocycles. The van der Waals surface area contributed by atoms with Crippen LogP contribution >= 0.6 is 0 Å². The third kappa shape index (κ3) is 2.87. The Bertz CT molecular complexity index is 885.